The molecular weight excluding hydrogens is 374 g/mol. The van der Waals surface area contributed by atoms with Gasteiger partial charge in [-0.05, 0) is 32.3 Å². The summed E-state index contributed by atoms with van der Waals surface area (Å²) in [5, 5.41) is 0.826. The van der Waals surface area contributed by atoms with Crippen LogP contribution in [0.25, 0.3) is 10.2 Å². The third-order valence-electron chi connectivity index (χ3n) is 4.97. The van der Waals surface area contributed by atoms with Gasteiger partial charge in [-0.15, -0.1) is 11.3 Å². The lowest BCUT2D eigenvalue weighted by Gasteiger charge is -2.29. The van der Waals surface area contributed by atoms with Gasteiger partial charge in [0.15, 0.2) is 5.82 Å². The van der Waals surface area contributed by atoms with E-state index in [-0.39, 0.29) is 11.9 Å². The number of thiophene rings is 1. The first-order valence-corrected chi connectivity index (χ1v) is 10.9. The van der Waals surface area contributed by atoms with Gasteiger partial charge in [-0.1, -0.05) is 33.1 Å². The zero-order valence-corrected chi connectivity index (χ0v) is 18.8. The molecule has 6 nitrogen and oxygen atoms in total. The molecule has 0 fully saturated rings. The van der Waals surface area contributed by atoms with Crippen LogP contribution in [0.3, 0.4) is 0 Å². The van der Waals surface area contributed by atoms with E-state index in [9.17, 15) is 4.79 Å². The summed E-state index contributed by atoms with van der Waals surface area (Å²) in [6.45, 7) is 9.55. The maximum absolute atomic E-state index is 13.5. The number of aromatic nitrogens is 2. The average Bonchev–Trinajstić information content (AvgIpc) is 3.01. The van der Waals surface area contributed by atoms with Crippen LogP contribution in [-0.2, 0) is 11.3 Å². The van der Waals surface area contributed by atoms with Gasteiger partial charge in [0.25, 0.3) is 5.91 Å². The van der Waals surface area contributed by atoms with Gasteiger partial charge < -0.3 is 14.4 Å². The van der Waals surface area contributed by atoms with E-state index < -0.39 is 0 Å². The van der Waals surface area contributed by atoms with Crippen molar-refractivity contribution in [3.8, 4) is 5.88 Å². The molecule has 0 radical (unpaired) electrons. The van der Waals surface area contributed by atoms with Gasteiger partial charge in [0, 0.05) is 19.7 Å². The number of ether oxygens (including phenoxy) is 2. The highest BCUT2D eigenvalue weighted by Crippen LogP contribution is 2.36. The summed E-state index contributed by atoms with van der Waals surface area (Å²) in [5.41, 5.74) is 0.898. The lowest BCUT2D eigenvalue weighted by Crippen LogP contribution is -2.39. The molecule has 28 heavy (non-hydrogen) atoms. The first-order chi connectivity index (χ1) is 13.5. The Balaban J connectivity index is 2.44. The minimum absolute atomic E-state index is 0.0906. The maximum atomic E-state index is 13.5. The Bertz CT molecular complexity index is 791. The zero-order valence-electron chi connectivity index (χ0n) is 18.0. The molecule has 0 N–H and O–H groups in total. The Morgan fingerprint density at radius 1 is 1.18 bits per heavy atom. The standard InChI is InChI=1S/C21H33N3O3S/c1-7-9-10-12-24(14(3)11-8-2)21(25)18-15(4)17-19(27-6)22-16(13-26-5)23-20(17)28-18/h14H,7-13H2,1-6H3. The quantitative estimate of drug-likeness (QED) is 0.492. The molecule has 1 unspecified atom stereocenters. The highest BCUT2D eigenvalue weighted by Gasteiger charge is 2.27. The first-order valence-electron chi connectivity index (χ1n) is 10.1. The predicted molar refractivity (Wildman–Crippen MR) is 114 cm³/mol. The van der Waals surface area contributed by atoms with Crippen LogP contribution >= 0.6 is 11.3 Å². The van der Waals surface area contributed by atoms with Crippen molar-refractivity contribution in [1.29, 1.82) is 0 Å². The van der Waals surface area contributed by atoms with E-state index in [4.69, 9.17) is 9.47 Å². The minimum atomic E-state index is 0.0906. The normalized spacial score (nSPS) is 12.4. The molecule has 0 saturated heterocycles. The fraction of sp³-hybridized carbons (Fsp3) is 0.667. The van der Waals surface area contributed by atoms with E-state index in [0.29, 0.717) is 18.3 Å². The van der Waals surface area contributed by atoms with E-state index in [1.165, 1.54) is 11.3 Å². The van der Waals surface area contributed by atoms with Gasteiger partial charge in [0.1, 0.15) is 11.4 Å². The summed E-state index contributed by atoms with van der Waals surface area (Å²) in [4.78, 5) is 26.0. The van der Waals surface area contributed by atoms with E-state index in [2.05, 4.69) is 30.7 Å². The first kappa shape index (κ1) is 22.6. The topological polar surface area (TPSA) is 64.6 Å². The van der Waals surface area contributed by atoms with Crippen LogP contribution in [0.2, 0.25) is 0 Å². The Hall–Kier alpha value is -1.73. The molecular formula is C21H33N3O3S. The van der Waals surface area contributed by atoms with Gasteiger partial charge in [-0.3, -0.25) is 4.79 Å². The number of nitrogens with zero attached hydrogens (tertiary/aromatic N) is 3. The van der Waals surface area contributed by atoms with E-state index in [1.54, 1.807) is 14.2 Å². The molecule has 0 spiro atoms. The van der Waals surface area contributed by atoms with E-state index in [0.717, 1.165) is 59.3 Å². The monoisotopic (exact) mass is 407 g/mol. The summed E-state index contributed by atoms with van der Waals surface area (Å²) >= 11 is 1.43. The number of rotatable bonds is 11. The van der Waals surface area contributed by atoms with E-state index in [1.807, 2.05) is 11.8 Å². The largest absolute Gasteiger partial charge is 0.480 e. The molecule has 7 heteroatoms. The molecule has 2 aromatic rings. The molecule has 0 aliphatic rings. The number of aryl methyl sites for hydroxylation is 1. The number of hydrogen-bond donors (Lipinski definition) is 0. The third kappa shape index (κ3) is 5.00. The van der Waals surface area contributed by atoms with Crippen LogP contribution in [0.1, 0.15) is 73.9 Å². The van der Waals surface area contributed by atoms with Gasteiger partial charge in [0.05, 0.1) is 17.4 Å². The van der Waals surface area contributed by atoms with Crippen LogP contribution < -0.4 is 4.74 Å². The number of carbonyl (C=O) groups excluding carboxylic acids is 1. The molecule has 0 bridgehead atoms. The number of amides is 1. The van der Waals surface area contributed by atoms with Crippen molar-refractivity contribution in [3.05, 3.63) is 16.3 Å². The molecule has 0 saturated carbocycles. The summed E-state index contributed by atoms with van der Waals surface area (Å²) < 4.78 is 10.7. The Kier molecular flexibility index (Phi) is 8.63. The lowest BCUT2D eigenvalue weighted by atomic mass is 10.1. The number of fused-ring (bicyclic) bond motifs is 1. The summed E-state index contributed by atoms with van der Waals surface area (Å²) in [5.74, 6) is 1.16. The molecule has 0 aliphatic heterocycles. The summed E-state index contributed by atoms with van der Waals surface area (Å²) in [6, 6.07) is 0.219. The van der Waals surface area contributed by atoms with Crippen molar-refractivity contribution < 1.29 is 14.3 Å². The predicted octanol–water partition coefficient (Wildman–Crippen LogP) is 4.98. The smallest absolute Gasteiger partial charge is 0.264 e. The number of carbonyl (C=O) groups is 1. The molecule has 2 aromatic heterocycles. The van der Waals surface area contributed by atoms with Crippen LogP contribution in [-0.4, -0.2) is 47.6 Å². The SMILES string of the molecule is CCCCCN(C(=O)c1sc2nc(COC)nc(OC)c2c1C)C(C)CCC. The zero-order chi connectivity index (χ0) is 20.7. The fourth-order valence-corrected chi connectivity index (χ4v) is 4.59. The maximum Gasteiger partial charge on any atom is 0.264 e. The van der Waals surface area contributed by atoms with Crippen molar-refractivity contribution in [2.75, 3.05) is 20.8 Å². The summed E-state index contributed by atoms with van der Waals surface area (Å²) in [6.07, 6.45) is 5.36. The second-order valence-corrected chi connectivity index (χ2v) is 8.16. The minimum Gasteiger partial charge on any atom is -0.480 e. The fourth-order valence-electron chi connectivity index (χ4n) is 3.45. The van der Waals surface area contributed by atoms with E-state index >= 15 is 0 Å². The average molecular weight is 408 g/mol. The molecule has 0 aromatic carbocycles. The van der Waals surface area contributed by atoms with Gasteiger partial charge in [-0.2, -0.15) is 4.98 Å². The lowest BCUT2D eigenvalue weighted by molar-refractivity contribution is 0.0684. The highest BCUT2D eigenvalue weighted by atomic mass is 32.1. The summed E-state index contributed by atoms with van der Waals surface area (Å²) in [7, 11) is 3.20. The van der Waals surface area contributed by atoms with Crippen LogP contribution in [0.15, 0.2) is 0 Å². The Morgan fingerprint density at radius 2 is 1.93 bits per heavy atom. The highest BCUT2D eigenvalue weighted by molar-refractivity contribution is 7.20. The van der Waals surface area contributed by atoms with Crippen molar-refractivity contribution in [2.45, 2.75) is 72.4 Å². The van der Waals surface area contributed by atoms with Crippen molar-refractivity contribution >= 4 is 27.5 Å². The van der Waals surface area contributed by atoms with Gasteiger partial charge in [-0.25, -0.2) is 4.98 Å². The number of methoxy groups -OCH3 is 2. The molecule has 1 atom stereocenters. The number of hydrogen-bond acceptors (Lipinski definition) is 6. The molecule has 0 aliphatic carbocycles. The Labute approximate surface area is 172 Å². The van der Waals surface area contributed by atoms with Crippen LogP contribution in [0.5, 0.6) is 5.88 Å². The van der Waals surface area contributed by atoms with Crippen LogP contribution in [0, 0.1) is 6.92 Å². The molecule has 2 rings (SSSR count). The molecule has 156 valence electrons. The molecule has 2 heterocycles. The van der Waals surface area contributed by atoms with Crippen molar-refractivity contribution in [3.63, 3.8) is 0 Å². The molecule has 1 amide bonds. The van der Waals surface area contributed by atoms with Crippen molar-refractivity contribution in [1.82, 2.24) is 14.9 Å². The van der Waals surface area contributed by atoms with Crippen LogP contribution in [0.4, 0.5) is 0 Å². The second-order valence-electron chi connectivity index (χ2n) is 7.16. The van der Waals surface area contributed by atoms with Gasteiger partial charge in [0.2, 0.25) is 5.88 Å². The Morgan fingerprint density at radius 3 is 2.54 bits per heavy atom. The third-order valence-corrected chi connectivity index (χ3v) is 6.14. The number of unbranched alkanes of at least 4 members (excludes halogenated alkanes) is 2. The van der Waals surface area contributed by atoms with Crippen molar-refractivity contribution in [2.24, 2.45) is 0 Å². The second kappa shape index (κ2) is 10.7. The van der Waals surface area contributed by atoms with Gasteiger partial charge >= 0.3 is 0 Å².